The number of ether oxygens (including phenoxy) is 1. The Bertz CT molecular complexity index is 441. The van der Waals surface area contributed by atoms with Gasteiger partial charge in [0, 0.05) is 17.7 Å². The molecule has 0 bridgehead atoms. The predicted octanol–water partition coefficient (Wildman–Crippen LogP) is 3.41. The van der Waals surface area contributed by atoms with Gasteiger partial charge in [-0.25, -0.2) is 0 Å². The average molecular weight is 229 g/mol. The van der Waals surface area contributed by atoms with Gasteiger partial charge in [0.05, 0.1) is 0 Å². The zero-order valence-electron chi connectivity index (χ0n) is 10.6. The van der Waals surface area contributed by atoms with Crippen LogP contribution >= 0.6 is 0 Å². The molecule has 1 saturated heterocycles. The maximum absolute atomic E-state index is 5.98. The minimum absolute atomic E-state index is 0.120. The van der Waals surface area contributed by atoms with E-state index in [0.717, 1.165) is 25.9 Å². The maximum atomic E-state index is 5.98. The second kappa shape index (κ2) is 3.67. The summed E-state index contributed by atoms with van der Waals surface area (Å²) in [6.45, 7) is 5.41. The lowest BCUT2D eigenvalue weighted by atomic mass is 9.78. The van der Waals surface area contributed by atoms with Crippen LogP contribution in [-0.4, -0.2) is 18.0 Å². The number of benzene rings is 1. The van der Waals surface area contributed by atoms with Crippen molar-refractivity contribution in [1.82, 2.24) is 0 Å². The highest BCUT2D eigenvalue weighted by molar-refractivity contribution is 6.02. The molecule has 90 valence electrons. The third-order valence-corrected chi connectivity index (χ3v) is 4.09. The van der Waals surface area contributed by atoms with Crippen LogP contribution in [0.3, 0.4) is 0 Å². The lowest BCUT2D eigenvalue weighted by molar-refractivity contribution is -0.0654. The summed E-state index contributed by atoms with van der Waals surface area (Å²) in [4.78, 5) is 4.94. The minimum Gasteiger partial charge on any atom is -0.353 e. The Hall–Kier alpha value is -1.15. The van der Waals surface area contributed by atoms with E-state index >= 15 is 0 Å². The zero-order chi connectivity index (χ0) is 11.9. The Morgan fingerprint density at radius 3 is 2.59 bits per heavy atom. The van der Waals surface area contributed by atoms with Gasteiger partial charge in [0.15, 0.2) is 5.72 Å². The molecular formula is C15H19NO. The van der Waals surface area contributed by atoms with Crippen LogP contribution < -0.4 is 0 Å². The molecule has 1 aromatic carbocycles. The van der Waals surface area contributed by atoms with Crippen molar-refractivity contribution in [3.63, 3.8) is 0 Å². The molecule has 0 radical (unpaired) electrons. The van der Waals surface area contributed by atoms with Crippen molar-refractivity contribution in [2.24, 2.45) is 10.4 Å². The van der Waals surface area contributed by atoms with E-state index in [1.807, 2.05) is 6.07 Å². The summed E-state index contributed by atoms with van der Waals surface area (Å²) in [5.41, 5.74) is 2.32. The first-order valence-electron chi connectivity index (χ1n) is 6.41. The molecule has 0 saturated carbocycles. The van der Waals surface area contributed by atoms with Gasteiger partial charge in [-0.15, -0.1) is 0 Å². The molecule has 0 amide bonds. The lowest BCUT2D eigenvalue weighted by Gasteiger charge is -2.34. The highest BCUT2D eigenvalue weighted by Crippen LogP contribution is 2.50. The fourth-order valence-electron chi connectivity index (χ4n) is 3.01. The Kier molecular flexibility index (Phi) is 2.37. The Labute approximate surface area is 103 Å². The third kappa shape index (κ3) is 1.62. The Morgan fingerprint density at radius 1 is 1.18 bits per heavy atom. The van der Waals surface area contributed by atoms with Gasteiger partial charge in [0.2, 0.25) is 0 Å². The molecule has 1 atom stereocenters. The van der Waals surface area contributed by atoms with E-state index in [-0.39, 0.29) is 11.1 Å². The van der Waals surface area contributed by atoms with Crippen molar-refractivity contribution in [1.29, 1.82) is 0 Å². The largest absolute Gasteiger partial charge is 0.353 e. The van der Waals surface area contributed by atoms with Crippen LogP contribution in [0.5, 0.6) is 0 Å². The van der Waals surface area contributed by atoms with Crippen LogP contribution in [0.2, 0.25) is 0 Å². The molecule has 1 unspecified atom stereocenters. The molecule has 0 aromatic heterocycles. The van der Waals surface area contributed by atoms with Crippen LogP contribution in [-0.2, 0) is 4.74 Å². The first kappa shape index (κ1) is 11.0. The summed E-state index contributed by atoms with van der Waals surface area (Å²) in [5, 5.41) is 0. The van der Waals surface area contributed by atoms with E-state index < -0.39 is 0 Å². The van der Waals surface area contributed by atoms with Crippen molar-refractivity contribution in [2.75, 3.05) is 6.61 Å². The Morgan fingerprint density at radius 2 is 1.94 bits per heavy atom. The highest BCUT2D eigenvalue weighted by atomic mass is 16.5. The zero-order valence-corrected chi connectivity index (χ0v) is 10.6. The number of aliphatic imine (C=N–C) groups is 1. The van der Waals surface area contributed by atoms with Crippen molar-refractivity contribution in [3.05, 3.63) is 35.9 Å². The van der Waals surface area contributed by atoms with Gasteiger partial charge in [-0.3, -0.25) is 4.99 Å². The molecule has 1 fully saturated rings. The smallest absolute Gasteiger partial charge is 0.164 e. The fraction of sp³-hybridized carbons (Fsp3) is 0.533. The first-order chi connectivity index (χ1) is 8.13. The van der Waals surface area contributed by atoms with Gasteiger partial charge in [-0.05, 0) is 24.8 Å². The molecule has 2 heteroatoms. The Balaban J connectivity index is 1.99. The third-order valence-electron chi connectivity index (χ3n) is 4.09. The lowest BCUT2D eigenvalue weighted by Crippen LogP contribution is -2.38. The molecule has 3 rings (SSSR count). The van der Waals surface area contributed by atoms with Crippen LogP contribution in [0.4, 0.5) is 0 Å². The van der Waals surface area contributed by atoms with Crippen LogP contribution in [0.25, 0.3) is 0 Å². The second-order valence-corrected chi connectivity index (χ2v) is 5.72. The SMILES string of the molecule is CC1(C)CC(c2ccccc2)=NC12CCCO2. The summed E-state index contributed by atoms with van der Waals surface area (Å²) in [6, 6.07) is 10.5. The fourth-order valence-corrected chi connectivity index (χ4v) is 3.01. The monoisotopic (exact) mass is 229 g/mol. The standard InChI is InChI=1S/C15H19NO/c1-14(2)11-13(12-7-4-3-5-8-12)16-15(14)9-6-10-17-15/h3-5,7-8H,6,9-11H2,1-2H3. The van der Waals surface area contributed by atoms with Gasteiger partial charge < -0.3 is 4.74 Å². The van der Waals surface area contributed by atoms with E-state index in [4.69, 9.17) is 9.73 Å². The van der Waals surface area contributed by atoms with E-state index in [2.05, 4.69) is 38.1 Å². The number of nitrogens with zero attached hydrogens (tertiary/aromatic N) is 1. The molecule has 2 aliphatic rings. The highest BCUT2D eigenvalue weighted by Gasteiger charge is 2.52. The normalized spacial score (nSPS) is 30.8. The van der Waals surface area contributed by atoms with E-state index in [0.29, 0.717) is 0 Å². The molecule has 0 N–H and O–H groups in total. The van der Waals surface area contributed by atoms with Crippen molar-refractivity contribution >= 4 is 5.71 Å². The van der Waals surface area contributed by atoms with E-state index in [1.54, 1.807) is 0 Å². The topological polar surface area (TPSA) is 21.6 Å². The van der Waals surface area contributed by atoms with Gasteiger partial charge in [0.1, 0.15) is 0 Å². The summed E-state index contributed by atoms with van der Waals surface area (Å²) in [5.74, 6) is 0. The summed E-state index contributed by atoms with van der Waals surface area (Å²) in [6.07, 6.45) is 3.21. The molecule has 0 aliphatic carbocycles. The van der Waals surface area contributed by atoms with Crippen molar-refractivity contribution in [3.8, 4) is 0 Å². The number of rotatable bonds is 1. The van der Waals surface area contributed by atoms with Crippen molar-refractivity contribution < 1.29 is 4.74 Å². The van der Waals surface area contributed by atoms with E-state index in [9.17, 15) is 0 Å². The van der Waals surface area contributed by atoms with Gasteiger partial charge in [-0.2, -0.15) is 0 Å². The van der Waals surface area contributed by atoms with Crippen LogP contribution in [0.1, 0.15) is 38.7 Å². The molecule has 2 heterocycles. The molecule has 1 aromatic rings. The van der Waals surface area contributed by atoms with Crippen molar-refractivity contribution in [2.45, 2.75) is 38.8 Å². The predicted molar refractivity (Wildman–Crippen MR) is 69.3 cm³/mol. The molecular weight excluding hydrogens is 210 g/mol. The molecule has 1 spiro atoms. The van der Waals surface area contributed by atoms with Gasteiger partial charge >= 0.3 is 0 Å². The van der Waals surface area contributed by atoms with E-state index in [1.165, 1.54) is 11.3 Å². The maximum Gasteiger partial charge on any atom is 0.164 e. The quantitative estimate of drug-likeness (QED) is 0.723. The minimum atomic E-state index is -0.252. The summed E-state index contributed by atoms with van der Waals surface area (Å²) in [7, 11) is 0. The second-order valence-electron chi connectivity index (χ2n) is 5.72. The number of hydrogen-bond acceptors (Lipinski definition) is 2. The van der Waals surface area contributed by atoms with Crippen LogP contribution in [0, 0.1) is 5.41 Å². The average Bonchev–Trinajstić information content (AvgIpc) is 2.88. The van der Waals surface area contributed by atoms with Crippen LogP contribution in [0.15, 0.2) is 35.3 Å². The molecule has 2 aliphatic heterocycles. The number of hydrogen-bond donors (Lipinski definition) is 0. The molecule has 17 heavy (non-hydrogen) atoms. The summed E-state index contributed by atoms with van der Waals surface area (Å²) >= 11 is 0. The van der Waals surface area contributed by atoms with Gasteiger partial charge in [0.25, 0.3) is 0 Å². The first-order valence-corrected chi connectivity index (χ1v) is 6.41. The van der Waals surface area contributed by atoms with Gasteiger partial charge in [-0.1, -0.05) is 44.2 Å². The molecule has 2 nitrogen and oxygen atoms in total. The summed E-state index contributed by atoms with van der Waals surface area (Å²) < 4.78 is 5.98.